The topological polar surface area (TPSA) is 71.4 Å². The van der Waals surface area contributed by atoms with E-state index in [1.807, 2.05) is 19.4 Å². The second kappa shape index (κ2) is 4.89. The van der Waals surface area contributed by atoms with Gasteiger partial charge in [-0.1, -0.05) is 6.92 Å². The van der Waals surface area contributed by atoms with E-state index in [1.165, 1.54) is 0 Å². The van der Waals surface area contributed by atoms with Crippen molar-refractivity contribution in [2.45, 2.75) is 19.4 Å². The number of rotatable bonds is 5. The molecule has 0 radical (unpaired) electrons. The monoisotopic (exact) mass is 220 g/mol. The second-order valence-electron chi connectivity index (χ2n) is 3.73. The molecule has 2 rings (SSSR count). The van der Waals surface area contributed by atoms with Gasteiger partial charge in [-0.3, -0.25) is 4.68 Å². The molecule has 2 N–H and O–H groups in total. The summed E-state index contributed by atoms with van der Waals surface area (Å²) in [6.07, 6.45) is 6.65. The molecule has 2 heterocycles. The first-order chi connectivity index (χ1) is 7.81. The maximum Gasteiger partial charge on any atom is 0.104 e. The lowest BCUT2D eigenvalue weighted by atomic mass is 10.1. The molecule has 2 aromatic rings. The average molecular weight is 220 g/mol. The van der Waals surface area contributed by atoms with Crippen LogP contribution < -0.4 is 5.32 Å². The Hall–Kier alpha value is -1.69. The zero-order valence-corrected chi connectivity index (χ0v) is 9.51. The molecule has 6 nitrogen and oxygen atoms in total. The molecule has 1 atom stereocenters. The zero-order valence-electron chi connectivity index (χ0n) is 9.51. The van der Waals surface area contributed by atoms with E-state index in [0.29, 0.717) is 0 Å². The number of aromatic nitrogens is 5. The summed E-state index contributed by atoms with van der Waals surface area (Å²) in [5.74, 6) is 0. The maximum atomic E-state index is 4.17. The van der Waals surface area contributed by atoms with Crippen molar-refractivity contribution in [2.75, 3.05) is 6.54 Å². The summed E-state index contributed by atoms with van der Waals surface area (Å²) in [6.45, 7) is 3.07. The van der Waals surface area contributed by atoms with Gasteiger partial charge in [-0.25, -0.2) is 0 Å². The van der Waals surface area contributed by atoms with Gasteiger partial charge in [-0.15, -0.1) is 0 Å². The smallest absolute Gasteiger partial charge is 0.104 e. The van der Waals surface area contributed by atoms with Crippen LogP contribution in [0.2, 0.25) is 0 Å². The molecular formula is C10H16N6. The van der Waals surface area contributed by atoms with Crippen molar-refractivity contribution >= 4 is 0 Å². The van der Waals surface area contributed by atoms with Gasteiger partial charge in [0.05, 0.1) is 18.4 Å². The first kappa shape index (κ1) is 10.8. The summed E-state index contributed by atoms with van der Waals surface area (Å²) >= 11 is 0. The Morgan fingerprint density at radius 3 is 2.94 bits per heavy atom. The van der Waals surface area contributed by atoms with Gasteiger partial charge < -0.3 is 5.32 Å². The normalized spacial score (nSPS) is 12.9. The van der Waals surface area contributed by atoms with Crippen molar-refractivity contribution in [2.24, 2.45) is 7.05 Å². The molecule has 86 valence electrons. The van der Waals surface area contributed by atoms with Crippen LogP contribution in [0.3, 0.4) is 0 Å². The zero-order chi connectivity index (χ0) is 11.4. The van der Waals surface area contributed by atoms with Crippen LogP contribution in [0.5, 0.6) is 0 Å². The van der Waals surface area contributed by atoms with Gasteiger partial charge in [0.15, 0.2) is 0 Å². The van der Waals surface area contributed by atoms with Crippen LogP contribution in [0, 0.1) is 0 Å². The van der Waals surface area contributed by atoms with E-state index in [4.69, 9.17) is 0 Å². The van der Waals surface area contributed by atoms with Gasteiger partial charge in [0.2, 0.25) is 0 Å². The highest BCUT2D eigenvalue weighted by atomic mass is 15.3. The molecule has 0 aromatic carbocycles. The van der Waals surface area contributed by atoms with Gasteiger partial charge in [-0.2, -0.15) is 20.5 Å². The Morgan fingerprint density at radius 2 is 2.38 bits per heavy atom. The summed E-state index contributed by atoms with van der Waals surface area (Å²) in [5.41, 5.74) is 1.99. The van der Waals surface area contributed by atoms with Gasteiger partial charge in [-0.05, 0) is 13.0 Å². The molecule has 0 aliphatic carbocycles. The highest BCUT2D eigenvalue weighted by Crippen LogP contribution is 2.18. The van der Waals surface area contributed by atoms with Crippen LogP contribution in [0.1, 0.15) is 30.6 Å². The summed E-state index contributed by atoms with van der Waals surface area (Å²) in [5, 5.41) is 18.2. The number of aromatic amines is 1. The van der Waals surface area contributed by atoms with Crippen molar-refractivity contribution < 1.29 is 0 Å². The molecule has 1 unspecified atom stereocenters. The largest absolute Gasteiger partial charge is 0.305 e. The van der Waals surface area contributed by atoms with Gasteiger partial charge in [0, 0.05) is 18.8 Å². The maximum absolute atomic E-state index is 4.17. The Balaban J connectivity index is 2.21. The first-order valence-corrected chi connectivity index (χ1v) is 5.39. The van der Waals surface area contributed by atoms with Crippen LogP contribution in [-0.2, 0) is 7.05 Å². The van der Waals surface area contributed by atoms with Crippen LogP contribution in [-0.4, -0.2) is 31.7 Å². The number of hydrogen-bond acceptors (Lipinski definition) is 4. The van der Waals surface area contributed by atoms with E-state index in [2.05, 4.69) is 32.7 Å². The Kier molecular flexibility index (Phi) is 3.31. The molecule has 0 spiro atoms. The predicted molar refractivity (Wildman–Crippen MR) is 59.7 cm³/mol. The van der Waals surface area contributed by atoms with Crippen molar-refractivity contribution in [3.8, 4) is 0 Å². The molecule has 0 aliphatic rings. The fourth-order valence-corrected chi connectivity index (χ4v) is 1.62. The minimum Gasteiger partial charge on any atom is -0.305 e. The molecule has 2 aromatic heterocycles. The third-order valence-electron chi connectivity index (χ3n) is 2.39. The standard InChI is InChI=1S/C10H16N6/c1-3-4-11-10(9-6-12-15-14-9)8-5-13-16(2)7-8/h5-7,10-11H,3-4H2,1-2H3,(H,12,14,15). The van der Waals surface area contributed by atoms with Crippen LogP contribution in [0.25, 0.3) is 0 Å². The molecule has 0 fully saturated rings. The van der Waals surface area contributed by atoms with E-state index in [1.54, 1.807) is 10.9 Å². The Bertz CT molecular complexity index is 418. The lowest BCUT2D eigenvalue weighted by molar-refractivity contribution is 0.584. The van der Waals surface area contributed by atoms with Crippen LogP contribution >= 0.6 is 0 Å². The fraction of sp³-hybridized carbons (Fsp3) is 0.500. The molecule has 0 saturated carbocycles. The first-order valence-electron chi connectivity index (χ1n) is 5.39. The van der Waals surface area contributed by atoms with Crippen LogP contribution in [0.15, 0.2) is 18.6 Å². The van der Waals surface area contributed by atoms with Crippen molar-refractivity contribution in [3.05, 3.63) is 29.8 Å². The van der Waals surface area contributed by atoms with Crippen LogP contribution in [0.4, 0.5) is 0 Å². The molecule has 0 saturated heterocycles. The average Bonchev–Trinajstić information content (AvgIpc) is 2.91. The molecular weight excluding hydrogens is 204 g/mol. The molecule has 0 amide bonds. The van der Waals surface area contributed by atoms with E-state index in [0.717, 1.165) is 24.2 Å². The SMILES string of the molecule is CCCNC(c1cnn(C)c1)c1cn[nH]n1. The Morgan fingerprint density at radius 1 is 1.50 bits per heavy atom. The third kappa shape index (κ3) is 2.27. The molecule has 0 bridgehead atoms. The number of H-pyrrole nitrogens is 1. The Labute approximate surface area is 94.1 Å². The highest BCUT2D eigenvalue weighted by Gasteiger charge is 2.17. The van der Waals surface area contributed by atoms with E-state index >= 15 is 0 Å². The predicted octanol–water partition coefficient (Wildman–Crippen LogP) is 0.627. The number of nitrogens with one attached hydrogen (secondary N) is 2. The van der Waals surface area contributed by atoms with Crippen molar-refractivity contribution in [3.63, 3.8) is 0 Å². The molecule has 0 aliphatic heterocycles. The lowest BCUT2D eigenvalue weighted by Crippen LogP contribution is -2.23. The number of hydrogen-bond donors (Lipinski definition) is 2. The highest BCUT2D eigenvalue weighted by molar-refractivity contribution is 5.21. The van der Waals surface area contributed by atoms with Gasteiger partial charge >= 0.3 is 0 Å². The van der Waals surface area contributed by atoms with E-state index < -0.39 is 0 Å². The summed E-state index contributed by atoms with van der Waals surface area (Å²) in [4.78, 5) is 0. The summed E-state index contributed by atoms with van der Waals surface area (Å²) in [6, 6.07) is 0.0624. The minimum absolute atomic E-state index is 0.0624. The third-order valence-corrected chi connectivity index (χ3v) is 2.39. The van der Waals surface area contributed by atoms with E-state index in [9.17, 15) is 0 Å². The van der Waals surface area contributed by atoms with E-state index in [-0.39, 0.29) is 6.04 Å². The fourth-order valence-electron chi connectivity index (χ4n) is 1.62. The summed E-state index contributed by atoms with van der Waals surface area (Å²) < 4.78 is 1.79. The number of aryl methyl sites for hydroxylation is 1. The number of nitrogens with zero attached hydrogens (tertiary/aromatic N) is 4. The lowest BCUT2D eigenvalue weighted by Gasteiger charge is -2.13. The van der Waals surface area contributed by atoms with Gasteiger partial charge in [0.1, 0.15) is 5.69 Å². The molecule has 16 heavy (non-hydrogen) atoms. The van der Waals surface area contributed by atoms with Gasteiger partial charge in [0.25, 0.3) is 0 Å². The summed E-state index contributed by atoms with van der Waals surface area (Å²) in [7, 11) is 1.91. The second-order valence-corrected chi connectivity index (χ2v) is 3.73. The minimum atomic E-state index is 0.0624. The van der Waals surface area contributed by atoms with Crippen molar-refractivity contribution in [1.82, 2.24) is 30.5 Å². The quantitative estimate of drug-likeness (QED) is 0.775. The van der Waals surface area contributed by atoms with Crippen molar-refractivity contribution in [1.29, 1.82) is 0 Å². The molecule has 6 heteroatoms.